The Morgan fingerprint density at radius 2 is 1.32 bits per heavy atom. The number of anilines is 1. The topological polar surface area (TPSA) is 46.6 Å². The van der Waals surface area contributed by atoms with Gasteiger partial charge in [-0.3, -0.25) is 9.59 Å². The quantitative estimate of drug-likeness (QED) is 0.595. The van der Waals surface area contributed by atoms with E-state index in [9.17, 15) is 22.8 Å². The minimum Gasteiger partial charge on any atom is -0.406 e. The summed E-state index contributed by atoms with van der Waals surface area (Å²) in [4.78, 5) is 26.3. The van der Waals surface area contributed by atoms with Crippen LogP contribution in [0.2, 0.25) is 0 Å². The van der Waals surface area contributed by atoms with Gasteiger partial charge < -0.3 is 4.74 Å². The molecule has 0 N–H and O–H groups in total. The van der Waals surface area contributed by atoms with Gasteiger partial charge >= 0.3 is 6.36 Å². The number of ether oxygens (including phenoxy) is 1. The summed E-state index contributed by atoms with van der Waals surface area (Å²) in [6.07, 6.45) is -4.76. The number of carbonyl (C=O) groups excluding carboxylic acids is 2. The van der Waals surface area contributed by atoms with E-state index in [0.717, 1.165) is 4.90 Å². The summed E-state index contributed by atoms with van der Waals surface area (Å²) in [5.74, 6) is -1.15. The summed E-state index contributed by atoms with van der Waals surface area (Å²) in [5, 5.41) is 0. The third-order valence-corrected chi connectivity index (χ3v) is 4.32. The number of halogens is 3. The highest BCUT2D eigenvalue weighted by Gasteiger charge is 2.36. The van der Waals surface area contributed by atoms with Crippen LogP contribution in [-0.4, -0.2) is 18.2 Å². The highest BCUT2D eigenvalue weighted by Crippen LogP contribution is 2.32. The Hall–Kier alpha value is -3.61. The lowest BCUT2D eigenvalue weighted by molar-refractivity contribution is -0.274. The van der Waals surface area contributed by atoms with Crippen LogP contribution in [0.5, 0.6) is 5.75 Å². The van der Waals surface area contributed by atoms with Gasteiger partial charge in [-0.15, -0.1) is 13.2 Å². The van der Waals surface area contributed by atoms with Gasteiger partial charge in [-0.25, -0.2) is 4.90 Å². The fourth-order valence-electron chi connectivity index (χ4n) is 3.10. The van der Waals surface area contributed by atoms with Crippen molar-refractivity contribution in [3.63, 3.8) is 0 Å². The number of carbonyl (C=O) groups is 2. The first-order valence-corrected chi connectivity index (χ1v) is 8.27. The highest BCUT2D eigenvalue weighted by atomic mass is 19.4. The molecule has 0 aromatic heterocycles. The molecule has 1 aliphatic rings. The van der Waals surface area contributed by atoms with Crippen LogP contribution in [0.4, 0.5) is 18.9 Å². The van der Waals surface area contributed by atoms with Crippen molar-refractivity contribution in [2.24, 2.45) is 0 Å². The molecule has 3 aromatic carbocycles. The van der Waals surface area contributed by atoms with Crippen LogP contribution in [0.3, 0.4) is 0 Å². The maximum Gasteiger partial charge on any atom is 0.573 e. The molecule has 0 atom stereocenters. The third-order valence-electron chi connectivity index (χ3n) is 4.32. The molecular weight excluding hydrogens is 371 g/mol. The van der Waals surface area contributed by atoms with Crippen molar-refractivity contribution < 1.29 is 27.5 Å². The fourth-order valence-corrected chi connectivity index (χ4v) is 3.10. The van der Waals surface area contributed by atoms with E-state index in [1.807, 2.05) is 0 Å². The summed E-state index contributed by atoms with van der Waals surface area (Å²) < 4.78 is 40.7. The van der Waals surface area contributed by atoms with E-state index in [1.54, 1.807) is 48.5 Å². The third kappa shape index (κ3) is 3.22. The van der Waals surface area contributed by atoms with Gasteiger partial charge in [-0.2, -0.15) is 0 Å². The summed E-state index contributed by atoms with van der Waals surface area (Å²) >= 11 is 0. The summed E-state index contributed by atoms with van der Waals surface area (Å²) in [6, 6.07) is 18.6. The van der Waals surface area contributed by atoms with Crippen molar-refractivity contribution in [1.29, 1.82) is 0 Å². The van der Waals surface area contributed by atoms with E-state index >= 15 is 0 Å². The number of nitrogens with zero attached hydrogens (tertiary/aromatic N) is 1. The van der Waals surface area contributed by atoms with Crippen molar-refractivity contribution in [3.05, 3.63) is 83.9 Å². The summed E-state index contributed by atoms with van der Waals surface area (Å²) in [6.45, 7) is 0. The number of hydrogen-bond acceptors (Lipinski definition) is 3. The number of amides is 2. The van der Waals surface area contributed by atoms with Crippen molar-refractivity contribution in [1.82, 2.24) is 0 Å². The molecule has 140 valence electrons. The Morgan fingerprint density at radius 3 is 1.89 bits per heavy atom. The molecular formula is C21H12F3NO3. The second kappa shape index (κ2) is 6.53. The zero-order valence-corrected chi connectivity index (χ0v) is 14.2. The predicted molar refractivity (Wildman–Crippen MR) is 96.1 cm³/mol. The Balaban J connectivity index is 1.64. The zero-order chi connectivity index (χ0) is 19.9. The lowest BCUT2D eigenvalue weighted by Gasteiger charge is -2.15. The van der Waals surface area contributed by atoms with Crippen molar-refractivity contribution in [2.75, 3.05) is 4.90 Å². The van der Waals surface area contributed by atoms with Crippen LogP contribution >= 0.6 is 0 Å². The van der Waals surface area contributed by atoms with Gasteiger partial charge in [-0.05, 0) is 47.5 Å². The average molecular weight is 383 g/mol. The molecule has 0 fully saturated rings. The molecule has 0 unspecified atom stereocenters. The van der Waals surface area contributed by atoms with Crippen LogP contribution in [0, 0.1) is 0 Å². The van der Waals surface area contributed by atoms with Crippen molar-refractivity contribution in [3.8, 4) is 16.9 Å². The molecule has 1 heterocycles. The molecule has 0 saturated heterocycles. The van der Waals surface area contributed by atoms with Crippen LogP contribution in [0.1, 0.15) is 20.7 Å². The van der Waals surface area contributed by atoms with E-state index in [1.165, 1.54) is 24.3 Å². The van der Waals surface area contributed by atoms with Crippen LogP contribution in [0.15, 0.2) is 72.8 Å². The van der Waals surface area contributed by atoms with Gasteiger partial charge in [0.2, 0.25) is 0 Å². The summed E-state index contributed by atoms with van der Waals surface area (Å²) in [7, 11) is 0. The smallest absolute Gasteiger partial charge is 0.406 e. The van der Waals surface area contributed by atoms with Crippen LogP contribution < -0.4 is 9.64 Å². The predicted octanol–water partition coefficient (Wildman–Crippen LogP) is 5.05. The number of benzene rings is 3. The standard InChI is InChI=1S/C21H12F3NO3/c22-21(23,24)28-16-10-8-13(9-11-16)14-4-3-5-15(12-14)25-19(26)17-6-1-2-7-18(17)20(25)27/h1-12H. The van der Waals surface area contributed by atoms with E-state index in [4.69, 9.17) is 0 Å². The number of alkyl halides is 3. The molecule has 3 aromatic rings. The molecule has 0 saturated carbocycles. The van der Waals surface area contributed by atoms with Crippen LogP contribution in [0.25, 0.3) is 11.1 Å². The summed E-state index contributed by atoms with van der Waals surface area (Å²) in [5.41, 5.74) is 2.33. The van der Waals surface area contributed by atoms with Gasteiger partial charge in [0.1, 0.15) is 5.75 Å². The first kappa shape index (κ1) is 17.8. The molecule has 0 radical (unpaired) electrons. The Bertz CT molecular complexity index is 1040. The minimum absolute atomic E-state index is 0.326. The molecule has 0 aliphatic carbocycles. The zero-order valence-electron chi connectivity index (χ0n) is 14.2. The van der Waals surface area contributed by atoms with Gasteiger partial charge in [0.15, 0.2) is 0 Å². The normalized spacial score (nSPS) is 13.6. The Kier molecular flexibility index (Phi) is 4.15. The number of hydrogen-bond donors (Lipinski definition) is 0. The number of rotatable bonds is 3. The average Bonchev–Trinajstić information content (AvgIpc) is 2.92. The first-order valence-electron chi connectivity index (χ1n) is 8.27. The van der Waals surface area contributed by atoms with E-state index < -0.39 is 18.2 Å². The Labute approximate surface area is 157 Å². The monoisotopic (exact) mass is 383 g/mol. The SMILES string of the molecule is O=C1c2ccccc2C(=O)N1c1cccc(-c2ccc(OC(F)(F)F)cc2)c1. The molecule has 7 heteroatoms. The fraction of sp³-hybridized carbons (Fsp3) is 0.0476. The molecule has 2 amide bonds. The molecule has 4 nitrogen and oxygen atoms in total. The highest BCUT2D eigenvalue weighted by molar-refractivity contribution is 6.34. The maximum atomic E-state index is 12.6. The van der Waals surface area contributed by atoms with Crippen molar-refractivity contribution >= 4 is 17.5 Å². The minimum atomic E-state index is -4.76. The lowest BCUT2D eigenvalue weighted by Crippen LogP contribution is -2.29. The number of imide groups is 1. The van der Waals surface area contributed by atoms with Crippen molar-refractivity contribution in [2.45, 2.75) is 6.36 Å². The lowest BCUT2D eigenvalue weighted by atomic mass is 10.0. The molecule has 4 rings (SSSR count). The number of fused-ring (bicyclic) bond motifs is 1. The van der Waals surface area contributed by atoms with E-state index in [0.29, 0.717) is 27.9 Å². The second-order valence-electron chi connectivity index (χ2n) is 6.11. The first-order chi connectivity index (χ1) is 13.3. The van der Waals surface area contributed by atoms with Gasteiger partial charge in [0, 0.05) is 0 Å². The van der Waals surface area contributed by atoms with E-state index in [2.05, 4.69) is 4.74 Å². The van der Waals surface area contributed by atoms with Gasteiger partial charge in [-0.1, -0.05) is 36.4 Å². The molecule has 28 heavy (non-hydrogen) atoms. The molecule has 1 aliphatic heterocycles. The molecule has 0 spiro atoms. The van der Waals surface area contributed by atoms with E-state index in [-0.39, 0.29) is 5.75 Å². The largest absolute Gasteiger partial charge is 0.573 e. The van der Waals surface area contributed by atoms with Gasteiger partial charge in [0.05, 0.1) is 16.8 Å². The van der Waals surface area contributed by atoms with Gasteiger partial charge in [0.25, 0.3) is 11.8 Å². The van der Waals surface area contributed by atoms with Crippen LogP contribution in [-0.2, 0) is 0 Å². The molecule has 0 bridgehead atoms. The Morgan fingerprint density at radius 1 is 0.714 bits per heavy atom. The maximum absolute atomic E-state index is 12.6. The second-order valence-corrected chi connectivity index (χ2v) is 6.11.